The van der Waals surface area contributed by atoms with Crippen LogP contribution in [0.1, 0.15) is 55.0 Å². The Morgan fingerprint density at radius 2 is 1.82 bits per heavy atom. The molecule has 1 heterocycles. The number of thiophene rings is 1. The minimum atomic E-state index is -0.298. The Morgan fingerprint density at radius 1 is 1.09 bits per heavy atom. The first kappa shape index (κ1) is 25.4. The van der Waals surface area contributed by atoms with E-state index in [0.717, 1.165) is 41.7 Å². The van der Waals surface area contributed by atoms with Gasteiger partial charge in [0.15, 0.2) is 0 Å². The summed E-state index contributed by atoms with van der Waals surface area (Å²) >= 11 is 1.62. The predicted octanol–water partition coefficient (Wildman–Crippen LogP) is 5.17. The molecule has 0 radical (unpaired) electrons. The van der Waals surface area contributed by atoms with Crippen LogP contribution >= 0.6 is 11.3 Å². The predicted molar refractivity (Wildman–Crippen MR) is 129 cm³/mol. The second kappa shape index (κ2) is 12.8. The van der Waals surface area contributed by atoms with Crippen molar-refractivity contribution in [2.45, 2.75) is 59.0 Å². The minimum Gasteiger partial charge on any atom is -0.382 e. The number of carbonyl (C=O) groups is 2. The van der Waals surface area contributed by atoms with Gasteiger partial charge >= 0.3 is 0 Å². The average molecular weight is 475 g/mol. The number of amides is 2. The molecular formula is C26H35FN2O3S. The van der Waals surface area contributed by atoms with Gasteiger partial charge in [0.05, 0.1) is 13.1 Å². The molecule has 0 atom stereocenters. The van der Waals surface area contributed by atoms with Crippen LogP contribution in [0.15, 0.2) is 35.7 Å². The van der Waals surface area contributed by atoms with Gasteiger partial charge in [0, 0.05) is 37.1 Å². The Morgan fingerprint density at radius 3 is 2.45 bits per heavy atom. The average Bonchev–Trinajstić information content (AvgIpc) is 3.48. The summed E-state index contributed by atoms with van der Waals surface area (Å²) in [6.07, 6.45) is 4.67. The van der Waals surface area contributed by atoms with Crippen LogP contribution in [0.2, 0.25) is 0 Å². The highest BCUT2D eigenvalue weighted by molar-refractivity contribution is 7.10. The van der Waals surface area contributed by atoms with E-state index in [4.69, 9.17) is 4.74 Å². The van der Waals surface area contributed by atoms with Crippen molar-refractivity contribution >= 4 is 23.2 Å². The molecule has 1 aliphatic rings. The number of hydrogen-bond donors (Lipinski definition) is 0. The number of rotatable bonds is 12. The number of benzene rings is 1. The Hall–Kier alpha value is -2.25. The molecule has 0 bridgehead atoms. The van der Waals surface area contributed by atoms with Gasteiger partial charge in [0.25, 0.3) is 0 Å². The van der Waals surface area contributed by atoms with E-state index >= 15 is 0 Å². The largest absolute Gasteiger partial charge is 0.382 e. The third-order valence-electron chi connectivity index (χ3n) is 6.21. The van der Waals surface area contributed by atoms with Gasteiger partial charge < -0.3 is 14.5 Å². The molecule has 1 aromatic heterocycles. The lowest BCUT2D eigenvalue weighted by Crippen LogP contribution is -2.44. The fraction of sp³-hybridized carbons (Fsp3) is 0.538. The summed E-state index contributed by atoms with van der Waals surface area (Å²) in [6, 6.07) is 8.29. The van der Waals surface area contributed by atoms with Gasteiger partial charge in [-0.15, -0.1) is 11.3 Å². The van der Waals surface area contributed by atoms with E-state index < -0.39 is 0 Å². The maximum Gasteiger partial charge on any atom is 0.242 e. The van der Waals surface area contributed by atoms with Crippen LogP contribution in [0, 0.1) is 18.7 Å². The molecule has 1 aromatic carbocycles. The normalized spacial score (nSPS) is 13.9. The molecule has 2 amide bonds. The number of ether oxygens (including phenoxy) is 1. The number of aryl methyl sites for hydroxylation is 1. The standard InChI is InChI=1S/C26H35FN2O3S/c1-3-32-15-6-14-28(26(31)22-7-4-5-8-22)19-25(30)29(18-24-20(2)13-16-33-24)17-21-9-11-23(27)12-10-21/h9-13,16,22H,3-8,14-15,17-19H2,1-2H3. The Kier molecular flexibility index (Phi) is 9.88. The Balaban J connectivity index is 1.74. The molecule has 180 valence electrons. The number of halogens is 1. The summed E-state index contributed by atoms with van der Waals surface area (Å²) in [6.45, 7) is 6.64. The van der Waals surface area contributed by atoms with Gasteiger partial charge in [-0.25, -0.2) is 4.39 Å². The molecule has 1 saturated carbocycles. The lowest BCUT2D eigenvalue weighted by molar-refractivity contribution is -0.143. The second-order valence-electron chi connectivity index (χ2n) is 8.69. The van der Waals surface area contributed by atoms with Crippen LogP contribution in [-0.2, 0) is 27.4 Å². The maximum absolute atomic E-state index is 13.5. The molecule has 0 aliphatic heterocycles. The van der Waals surface area contributed by atoms with Gasteiger partial charge in [-0.05, 0) is 67.8 Å². The van der Waals surface area contributed by atoms with E-state index in [-0.39, 0.29) is 30.1 Å². The Labute approximate surface area is 200 Å². The molecule has 0 spiro atoms. The fourth-order valence-electron chi connectivity index (χ4n) is 4.25. The molecule has 33 heavy (non-hydrogen) atoms. The topological polar surface area (TPSA) is 49.9 Å². The quantitative estimate of drug-likeness (QED) is 0.399. The zero-order valence-corrected chi connectivity index (χ0v) is 20.5. The molecule has 7 heteroatoms. The van der Waals surface area contributed by atoms with E-state index in [0.29, 0.717) is 39.3 Å². The van der Waals surface area contributed by atoms with Gasteiger partial charge in [0.2, 0.25) is 11.8 Å². The molecule has 0 unspecified atom stereocenters. The first-order valence-electron chi connectivity index (χ1n) is 11.9. The van der Waals surface area contributed by atoms with Crippen molar-refractivity contribution in [1.82, 2.24) is 9.80 Å². The number of carbonyl (C=O) groups excluding carboxylic acids is 2. The Bertz CT molecular complexity index is 893. The highest BCUT2D eigenvalue weighted by Gasteiger charge is 2.29. The molecule has 1 fully saturated rings. The number of nitrogens with zero attached hydrogens (tertiary/aromatic N) is 2. The summed E-state index contributed by atoms with van der Waals surface area (Å²) in [7, 11) is 0. The van der Waals surface area contributed by atoms with Crippen LogP contribution in [0.4, 0.5) is 4.39 Å². The van der Waals surface area contributed by atoms with Crippen LogP contribution in [0.3, 0.4) is 0 Å². The summed E-state index contributed by atoms with van der Waals surface area (Å²) in [5.74, 6) is -0.274. The summed E-state index contributed by atoms with van der Waals surface area (Å²) in [5, 5.41) is 2.02. The fourth-order valence-corrected chi connectivity index (χ4v) is 5.17. The van der Waals surface area contributed by atoms with Crippen molar-refractivity contribution in [2.24, 2.45) is 5.92 Å². The molecule has 0 saturated heterocycles. The van der Waals surface area contributed by atoms with Crippen molar-refractivity contribution in [3.8, 4) is 0 Å². The zero-order valence-electron chi connectivity index (χ0n) is 19.7. The smallest absolute Gasteiger partial charge is 0.242 e. The first-order valence-corrected chi connectivity index (χ1v) is 12.8. The molecule has 5 nitrogen and oxygen atoms in total. The highest BCUT2D eigenvalue weighted by atomic mass is 32.1. The molecule has 3 rings (SSSR count). The molecule has 2 aromatic rings. The van der Waals surface area contributed by atoms with Crippen LogP contribution in [0.25, 0.3) is 0 Å². The lowest BCUT2D eigenvalue weighted by Gasteiger charge is -2.29. The van der Waals surface area contributed by atoms with E-state index in [1.165, 1.54) is 12.1 Å². The summed E-state index contributed by atoms with van der Waals surface area (Å²) in [5.41, 5.74) is 2.01. The summed E-state index contributed by atoms with van der Waals surface area (Å²) in [4.78, 5) is 31.3. The second-order valence-corrected chi connectivity index (χ2v) is 9.70. The van der Waals surface area contributed by atoms with E-state index in [2.05, 4.69) is 0 Å². The lowest BCUT2D eigenvalue weighted by atomic mass is 10.1. The third-order valence-corrected chi connectivity index (χ3v) is 7.21. The maximum atomic E-state index is 13.5. The minimum absolute atomic E-state index is 0.0231. The zero-order chi connectivity index (χ0) is 23.6. The molecule has 1 aliphatic carbocycles. The van der Waals surface area contributed by atoms with Crippen LogP contribution in [0.5, 0.6) is 0 Å². The highest BCUT2D eigenvalue weighted by Crippen LogP contribution is 2.27. The monoisotopic (exact) mass is 474 g/mol. The molecular weight excluding hydrogens is 439 g/mol. The van der Waals surface area contributed by atoms with Crippen LogP contribution < -0.4 is 0 Å². The van der Waals surface area contributed by atoms with Gasteiger partial charge in [-0.3, -0.25) is 9.59 Å². The van der Waals surface area contributed by atoms with Crippen LogP contribution in [-0.4, -0.2) is 47.9 Å². The third kappa shape index (κ3) is 7.64. The van der Waals surface area contributed by atoms with Gasteiger partial charge in [-0.2, -0.15) is 0 Å². The van der Waals surface area contributed by atoms with E-state index in [9.17, 15) is 14.0 Å². The summed E-state index contributed by atoms with van der Waals surface area (Å²) < 4.78 is 18.8. The van der Waals surface area contributed by atoms with Gasteiger partial charge in [0.1, 0.15) is 5.82 Å². The molecule has 0 N–H and O–H groups in total. The van der Waals surface area contributed by atoms with E-state index in [1.54, 1.807) is 33.3 Å². The van der Waals surface area contributed by atoms with Crippen molar-refractivity contribution in [1.29, 1.82) is 0 Å². The van der Waals surface area contributed by atoms with Crippen molar-refractivity contribution in [3.63, 3.8) is 0 Å². The SMILES string of the molecule is CCOCCCN(CC(=O)N(Cc1ccc(F)cc1)Cc1sccc1C)C(=O)C1CCCC1. The first-order chi connectivity index (χ1) is 16.0. The van der Waals surface area contributed by atoms with E-state index in [1.807, 2.05) is 25.3 Å². The van der Waals surface area contributed by atoms with Crippen molar-refractivity contribution in [2.75, 3.05) is 26.3 Å². The number of hydrogen-bond acceptors (Lipinski definition) is 4. The van der Waals surface area contributed by atoms with Crippen molar-refractivity contribution in [3.05, 3.63) is 57.5 Å². The van der Waals surface area contributed by atoms with Gasteiger partial charge in [-0.1, -0.05) is 25.0 Å². The van der Waals surface area contributed by atoms with Crippen molar-refractivity contribution < 1.29 is 18.7 Å².